The number of thiophene rings is 1. The molecule has 2 aromatic rings. The maximum atomic E-state index is 10.3. The lowest BCUT2D eigenvalue weighted by atomic mass is 10.1. The standard InChI is InChI=1S/C13H17BrN2OS/c1-7-5-12(18-9(7)3)11(17)6-10-13(14)8(2)15-16(10)4/h5,11,17H,6H2,1-4H3. The van der Waals surface area contributed by atoms with E-state index in [0.29, 0.717) is 6.42 Å². The van der Waals surface area contributed by atoms with Crippen LogP contribution in [-0.2, 0) is 13.5 Å². The first kappa shape index (κ1) is 13.8. The van der Waals surface area contributed by atoms with Crippen molar-refractivity contribution in [2.75, 3.05) is 0 Å². The van der Waals surface area contributed by atoms with Crippen LogP contribution >= 0.6 is 27.3 Å². The van der Waals surface area contributed by atoms with Crippen molar-refractivity contribution in [1.29, 1.82) is 0 Å². The van der Waals surface area contributed by atoms with Crippen molar-refractivity contribution in [1.82, 2.24) is 9.78 Å². The Hall–Kier alpha value is -0.650. The zero-order valence-corrected chi connectivity index (χ0v) is 13.4. The maximum Gasteiger partial charge on any atom is 0.0937 e. The molecule has 0 fully saturated rings. The molecular weight excluding hydrogens is 312 g/mol. The topological polar surface area (TPSA) is 38.1 Å². The molecule has 98 valence electrons. The molecule has 18 heavy (non-hydrogen) atoms. The fourth-order valence-corrected chi connectivity index (χ4v) is 3.48. The largest absolute Gasteiger partial charge is 0.387 e. The van der Waals surface area contributed by atoms with Gasteiger partial charge in [-0.1, -0.05) is 0 Å². The molecule has 0 amide bonds. The molecule has 0 saturated carbocycles. The third-order valence-electron chi connectivity index (χ3n) is 3.16. The normalized spacial score (nSPS) is 13.0. The molecule has 1 atom stereocenters. The number of rotatable bonds is 3. The van der Waals surface area contributed by atoms with Crippen LogP contribution in [0, 0.1) is 20.8 Å². The van der Waals surface area contributed by atoms with Crippen LogP contribution in [0.1, 0.15) is 32.8 Å². The lowest BCUT2D eigenvalue weighted by molar-refractivity contribution is 0.179. The molecule has 3 nitrogen and oxygen atoms in total. The predicted octanol–water partition coefficient (Wildman–Crippen LogP) is 3.45. The summed E-state index contributed by atoms with van der Waals surface area (Å²) in [6, 6.07) is 2.07. The zero-order chi connectivity index (χ0) is 13.4. The van der Waals surface area contributed by atoms with Gasteiger partial charge in [0.15, 0.2) is 0 Å². The van der Waals surface area contributed by atoms with E-state index >= 15 is 0 Å². The number of aliphatic hydroxyl groups is 1. The van der Waals surface area contributed by atoms with E-state index in [1.165, 1.54) is 10.4 Å². The number of halogens is 1. The van der Waals surface area contributed by atoms with Gasteiger partial charge in [-0.25, -0.2) is 0 Å². The molecule has 0 saturated heterocycles. The fourth-order valence-electron chi connectivity index (χ4n) is 1.95. The van der Waals surface area contributed by atoms with Gasteiger partial charge in [-0.2, -0.15) is 5.10 Å². The molecule has 0 aliphatic rings. The number of hydrogen-bond donors (Lipinski definition) is 1. The molecule has 0 radical (unpaired) electrons. The number of aryl methyl sites for hydroxylation is 4. The van der Waals surface area contributed by atoms with Gasteiger partial charge in [0.2, 0.25) is 0 Å². The van der Waals surface area contributed by atoms with Gasteiger partial charge in [-0.3, -0.25) is 4.68 Å². The van der Waals surface area contributed by atoms with Crippen molar-refractivity contribution in [2.45, 2.75) is 33.3 Å². The zero-order valence-electron chi connectivity index (χ0n) is 11.0. The average Bonchev–Trinajstić information content (AvgIpc) is 2.75. The van der Waals surface area contributed by atoms with Crippen LogP contribution in [0.15, 0.2) is 10.5 Å². The summed E-state index contributed by atoms with van der Waals surface area (Å²) in [5, 5.41) is 14.7. The van der Waals surface area contributed by atoms with E-state index in [-0.39, 0.29) is 0 Å². The van der Waals surface area contributed by atoms with Crippen molar-refractivity contribution in [3.63, 3.8) is 0 Å². The summed E-state index contributed by atoms with van der Waals surface area (Å²) in [6.45, 7) is 6.12. The minimum atomic E-state index is -0.464. The summed E-state index contributed by atoms with van der Waals surface area (Å²) >= 11 is 5.20. The molecule has 0 aliphatic carbocycles. The van der Waals surface area contributed by atoms with E-state index in [1.807, 2.05) is 18.7 Å². The second-order valence-electron chi connectivity index (χ2n) is 4.58. The van der Waals surface area contributed by atoms with Crippen LogP contribution in [0.2, 0.25) is 0 Å². The Kier molecular flexibility index (Phi) is 3.94. The van der Waals surface area contributed by atoms with Crippen molar-refractivity contribution in [2.24, 2.45) is 7.05 Å². The maximum absolute atomic E-state index is 10.3. The second-order valence-corrected chi connectivity index (χ2v) is 6.66. The summed E-state index contributed by atoms with van der Waals surface area (Å²) in [4.78, 5) is 2.29. The van der Waals surface area contributed by atoms with E-state index in [0.717, 1.165) is 20.7 Å². The Labute approximate surface area is 120 Å². The molecule has 0 aliphatic heterocycles. The average molecular weight is 329 g/mol. The van der Waals surface area contributed by atoms with E-state index < -0.39 is 6.10 Å². The number of nitrogens with zero attached hydrogens (tertiary/aromatic N) is 2. The summed E-state index contributed by atoms with van der Waals surface area (Å²) in [5.74, 6) is 0. The van der Waals surface area contributed by atoms with Crippen molar-refractivity contribution < 1.29 is 5.11 Å². The van der Waals surface area contributed by atoms with Gasteiger partial charge >= 0.3 is 0 Å². The predicted molar refractivity (Wildman–Crippen MR) is 78.1 cm³/mol. The van der Waals surface area contributed by atoms with E-state index in [9.17, 15) is 5.11 Å². The Morgan fingerprint density at radius 3 is 2.56 bits per heavy atom. The van der Waals surface area contributed by atoms with Crippen LogP contribution in [0.5, 0.6) is 0 Å². The van der Waals surface area contributed by atoms with Crippen molar-refractivity contribution in [3.05, 3.63) is 37.2 Å². The minimum Gasteiger partial charge on any atom is -0.387 e. The third-order valence-corrected chi connectivity index (χ3v) is 5.45. The molecule has 5 heteroatoms. The number of hydrogen-bond acceptors (Lipinski definition) is 3. The van der Waals surface area contributed by atoms with Crippen LogP contribution in [-0.4, -0.2) is 14.9 Å². The number of aliphatic hydroxyl groups excluding tert-OH is 1. The monoisotopic (exact) mass is 328 g/mol. The van der Waals surface area contributed by atoms with Crippen LogP contribution in [0.25, 0.3) is 0 Å². The highest BCUT2D eigenvalue weighted by Crippen LogP contribution is 2.31. The van der Waals surface area contributed by atoms with Gasteiger partial charge in [0.1, 0.15) is 0 Å². The lowest BCUT2D eigenvalue weighted by Gasteiger charge is -2.09. The first-order valence-electron chi connectivity index (χ1n) is 5.83. The minimum absolute atomic E-state index is 0.464. The number of aromatic nitrogens is 2. The first-order valence-corrected chi connectivity index (χ1v) is 7.44. The molecule has 1 unspecified atom stereocenters. The lowest BCUT2D eigenvalue weighted by Crippen LogP contribution is -2.05. The highest BCUT2D eigenvalue weighted by molar-refractivity contribution is 9.10. The molecule has 0 spiro atoms. The van der Waals surface area contributed by atoms with Crippen LogP contribution in [0.4, 0.5) is 0 Å². The second kappa shape index (κ2) is 5.15. The van der Waals surface area contributed by atoms with Crippen molar-refractivity contribution in [3.8, 4) is 0 Å². The summed E-state index contributed by atoms with van der Waals surface area (Å²) in [5.41, 5.74) is 3.23. The summed E-state index contributed by atoms with van der Waals surface area (Å²) in [7, 11) is 1.91. The Morgan fingerprint density at radius 1 is 1.44 bits per heavy atom. The Balaban J connectivity index is 2.23. The van der Waals surface area contributed by atoms with Crippen LogP contribution < -0.4 is 0 Å². The third kappa shape index (κ3) is 2.53. The van der Waals surface area contributed by atoms with E-state index in [2.05, 4.69) is 40.9 Å². The Bertz CT molecular complexity index is 554. The highest BCUT2D eigenvalue weighted by atomic mass is 79.9. The van der Waals surface area contributed by atoms with E-state index in [4.69, 9.17) is 0 Å². The molecule has 2 rings (SSSR count). The Morgan fingerprint density at radius 2 is 2.11 bits per heavy atom. The van der Waals surface area contributed by atoms with Crippen LogP contribution in [0.3, 0.4) is 0 Å². The van der Waals surface area contributed by atoms with Gasteiger partial charge in [-0.05, 0) is 48.3 Å². The quantitative estimate of drug-likeness (QED) is 0.937. The van der Waals surface area contributed by atoms with Gasteiger partial charge in [-0.15, -0.1) is 11.3 Å². The SMILES string of the molecule is Cc1cc(C(O)Cc2c(Br)c(C)nn2C)sc1C. The van der Waals surface area contributed by atoms with Crippen molar-refractivity contribution >= 4 is 27.3 Å². The molecule has 0 aromatic carbocycles. The van der Waals surface area contributed by atoms with Gasteiger partial charge in [0, 0.05) is 23.2 Å². The first-order chi connectivity index (χ1) is 8.40. The molecule has 0 bridgehead atoms. The molecule has 2 aromatic heterocycles. The molecular formula is C13H17BrN2OS. The van der Waals surface area contributed by atoms with Gasteiger partial charge < -0.3 is 5.11 Å². The van der Waals surface area contributed by atoms with E-state index in [1.54, 1.807) is 11.3 Å². The fraction of sp³-hybridized carbons (Fsp3) is 0.462. The summed E-state index contributed by atoms with van der Waals surface area (Å²) in [6.07, 6.45) is 0.116. The van der Waals surface area contributed by atoms with Gasteiger partial charge in [0.05, 0.1) is 22.0 Å². The van der Waals surface area contributed by atoms with Gasteiger partial charge in [0.25, 0.3) is 0 Å². The summed E-state index contributed by atoms with van der Waals surface area (Å²) < 4.78 is 2.82. The molecule has 1 N–H and O–H groups in total. The highest BCUT2D eigenvalue weighted by Gasteiger charge is 2.18. The smallest absolute Gasteiger partial charge is 0.0937 e. The molecule has 2 heterocycles.